The maximum Gasteiger partial charge on any atom is 0.261 e. The average molecular weight is 360 g/mol. The third-order valence-electron chi connectivity index (χ3n) is 3.82. The third-order valence-corrected chi connectivity index (χ3v) is 5.20. The van der Waals surface area contributed by atoms with Gasteiger partial charge in [0.1, 0.15) is 0 Å². The van der Waals surface area contributed by atoms with Gasteiger partial charge in [-0.05, 0) is 55.2 Å². The normalized spacial score (nSPS) is 11.4. The first-order valence-corrected chi connectivity index (χ1v) is 9.74. The molecule has 5 nitrogen and oxygen atoms in total. The maximum absolute atomic E-state index is 12.5. The molecular weight excluding hydrogens is 336 g/mol. The molecule has 0 heterocycles. The van der Waals surface area contributed by atoms with Crippen molar-refractivity contribution in [2.24, 2.45) is 5.92 Å². The number of carbonyl (C=O) groups excluding carboxylic acids is 1. The van der Waals surface area contributed by atoms with Gasteiger partial charge in [-0.3, -0.25) is 9.52 Å². The molecule has 2 aromatic rings. The molecule has 0 aliphatic carbocycles. The van der Waals surface area contributed by atoms with Crippen molar-refractivity contribution in [2.45, 2.75) is 32.1 Å². The first-order chi connectivity index (χ1) is 11.8. The lowest BCUT2D eigenvalue weighted by Gasteiger charge is -2.11. The van der Waals surface area contributed by atoms with E-state index < -0.39 is 10.0 Å². The molecule has 0 aliphatic rings. The number of amides is 1. The van der Waals surface area contributed by atoms with E-state index in [9.17, 15) is 13.2 Å². The Kier molecular flexibility index (Phi) is 6.20. The predicted octanol–water partition coefficient (Wildman–Crippen LogP) is 3.57. The van der Waals surface area contributed by atoms with Crippen molar-refractivity contribution in [1.82, 2.24) is 5.32 Å². The Hall–Kier alpha value is -2.34. The number of para-hydroxylation sites is 1. The van der Waals surface area contributed by atoms with Crippen LogP contribution in [-0.4, -0.2) is 20.9 Å². The van der Waals surface area contributed by atoms with Crippen LogP contribution < -0.4 is 10.0 Å². The first kappa shape index (κ1) is 19.0. The Morgan fingerprint density at radius 2 is 1.68 bits per heavy atom. The van der Waals surface area contributed by atoms with Gasteiger partial charge < -0.3 is 5.32 Å². The van der Waals surface area contributed by atoms with Crippen LogP contribution >= 0.6 is 0 Å². The highest BCUT2D eigenvalue weighted by Gasteiger charge is 2.16. The van der Waals surface area contributed by atoms with Gasteiger partial charge in [-0.2, -0.15) is 0 Å². The summed E-state index contributed by atoms with van der Waals surface area (Å²) in [7, 11) is -3.69. The van der Waals surface area contributed by atoms with Crippen LogP contribution in [0.4, 0.5) is 5.69 Å². The number of sulfonamides is 1. The van der Waals surface area contributed by atoms with Crippen LogP contribution in [0.3, 0.4) is 0 Å². The quantitative estimate of drug-likeness (QED) is 0.792. The van der Waals surface area contributed by atoms with E-state index in [1.807, 2.05) is 19.1 Å². The molecule has 0 aliphatic heterocycles. The summed E-state index contributed by atoms with van der Waals surface area (Å²) in [6.45, 7) is 6.62. The summed E-state index contributed by atoms with van der Waals surface area (Å²) >= 11 is 0. The van der Waals surface area contributed by atoms with Crippen molar-refractivity contribution < 1.29 is 13.2 Å². The maximum atomic E-state index is 12.5. The highest BCUT2D eigenvalue weighted by atomic mass is 32.2. The number of rotatable bonds is 7. The smallest absolute Gasteiger partial charge is 0.261 e. The van der Waals surface area contributed by atoms with Crippen molar-refractivity contribution in [2.75, 3.05) is 11.3 Å². The molecule has 0 radical (unpaired) electrons. The van der Waals surface area contributed by atoms with E-state index in [0.717, 1.165) is 12.0 Å². The van der Waals surface area contributed by atoms with Gasteiger partial charge in [-0.25, -0.2) is 8.42 Å². The van der Waals surface area contributed by atoms with E-state index in [2.05, 4.69) is 23.9 Å². The summed E-state index contributed by atoms with van der Waals surface area (Å²) in [6.07, 6.45) is 0.901. The molecule has 2 aromatic carbocycles. The van der Waals surface area contributed by atoms with Crippen LogP contribution in [0.15, 0.2) is 53.4 Å². The number of aryl methyl sites for hydroxylation is 1. The molecule has 2 rings (SSSR count). The molecule has 0 spiro atoms. The van der Waals surface area contributed by atoms with Gasteiger partial charge in [0.05, 0.1) is 10.6 Å². The van der Waals surface area contributed by atoms with E-state index in [1.165, 1.54) is 24.3 Å². The molecule has 0 saturated heterocycles. The second kappa shape index (κ2) is 8.16. The summed E-state index contributed by atoms with van der Waals surface area (Å²) in [6, 6.07) is 13.1. The standard InChI is InChI=1S/C19H24N2O3S/c1-14(2)12-13-20-19(22)16-8-10-17(11-9-16)25(23,24)21-18-7-5-4-6-15(18)3/h4-11,14,21H,12-13H2,1-3H3,(H,20,22). The van der Waals surface area contributed by atoms with Crippen LogP contribution in [0, 0.1) is 12.8 Å². The highest BCUT2D eigenvalue weighted by molar-refractivity contribution is 7.92. The first-order valence-electron chi connectivity index (χ1n) is 8.26. The number of hydrogen-bond acceptors (Lipinski definition) is 3. The Labute approximate surface area is 149 Å². The highest BCUT2D eigenvalue weighted by Crippen LogP contribution is 2.19. The Balaban J connectivity index is 2.08. The van der Waals surface area contributed by atoms with Gasteiger partial charge in [0.15, 0.2) is 0 Å². The Morgan fingerprint density at radius 3 is 2.28 bits per heavy atom. The molecule has 134 valence electrons. The second-order valence-electron chi connectivity index (χ2n) is 6.38. The summed E-state index contributed by atoms with van der Waals surface area (Å²) in [5.41, 5.74) is 1.82. The van der Waals surface area contributed by atoms with Crippen LogP contribution in [0.1, 0.15) is 36.2 Å². The molecule has 6 heteroatoms. The largest absolute Gasteiger partial charge is 0.352 e. The van der Waals surface area contributed by atoms with Crippen LogP contribution in [0.5, 0.6) is 0 Å². The number of anilines is 1. The van der Waals surface area contributed by atoms with Gasteiger partial charge >= 0.3 is 0 Å². The van der Waals surface area contributed by atoms with Gasteiger partial charge in [-0.15, -0.1) is 0 Å². The molecule has 0 atom stereocenters. The van der Waals surface area contributed by atoms with Gasteiger partial charge in [-0.1, -0.05) is 32.0 Å². The third kappa shape index (κ3) is 5.32. The van der Waals surface area contributed by atoms with E-state index >= 15 is 0 Å². The summed E-state index contributed by atoms with van der Waals surface area (Å²) in [4.78, 5) is 12.2. The topological polar surface area (TPSA) is 75.3 Å². The summed E-state index contributed by atoms with van der Waals surface area (Å²) in [5.74, 6) is 0.316. The number of nitrogens with one attached hydrogen (secondary N) is 2. The zero-order chi connectivity index (χ0) is 18.4. The zero-order valence-corrected chi connectivity index (χ0v) is 15.6. The lowest BCUT2D eigenvalue weighted by molar-refractivity contribution is 0.0952. The predicted molar refractivity (Wildman–Crippen MR) is 100 cm³/mol. The van der Waals surface area contributed by atoms with Crippen molar-refractivity contribution in [3.05, 3.63) is 59.7 Å². The number of carbonyl (C=O) groups is 1. The fourth-order valence-electron chi connectivity index (χ4n) is 2.25. The fraction of sp³-hybridized carbons (Fsp3) is 0.316. The lowest BCUT2D eigenvalue weighted by atomic mass is 10.1. The Bertz CT molecular complexity index is 828. The molecular formula is C19H24N2O3S. The minimum atomic E-state index is -3.69. The molecule has 0 saturated carbocycles. The molecule has 2 N–H and O–H groups in total. The van der Waals surface area contributed by atoms with Crippen LogP contribution in [0.2, 0.25) is 0 Å². The molecule has 0 fully saturated rings. The monoisotopic (exact) mass is 360 g/mol. The molecule has 1 amide bonds. The number of benzene rings is 2. The van der Waals surface area contributed by atoms with Crippen molar-refractivity contribution >= 4 is 21.6 Å². The summed E-state index contributed by atoms with van der Waals surface area (Å²) < 4.78 is 27.5. The van der Waals surface area contributed by atoms with E-state index in [-0.39, 0.29) is 10.8 Å². The second-order valence-corrected chi connectivity index (χ2v) is 8.07. The van der Waals surface area contributed by atoms with Gasteiger partial charge in [0.25, 0.3) is 15.9 Å². The average Bonchev–Trinajstić information content (AvgIpc) is 2.56. The molecule has 0 unspecified atom stereocenters. The van der Waals surface area contributed by atoms with Crippen molar-refractivity contribution in [3.63, 3.8) is 0 Å². The van der Waals surface area contributed by atoms with E-state index in [0.29, 0.717) is 23.7 Å². The molecule has 0 bridgehead atoms. The Morgan fingerprint density at radius 1 is 1.04 bits per heavy atom. The lowest BCUT2D eigenvalue weighted by Crippen LogP contribution is -2.25. The minimum Gasteiger partial charge on any atom is -0.352 e. The van der Waals surface area contributed by atoms with Crippen molar-refractivity contribution in [1.29, 1.82) is 0 Å². The fourth-order valence-corrected chi connectivity index (χ4v) is 3.38. The zero-order valence-electron chi connectivity index (χ0n) is 14.7. The van der Waals surface area contributed by atoms with Gasteiger partial charge in [0.2, 0.25) is 0 Å². The molecule has 0 aromatic heterocycles. The van der Waals surface area contributed by atoms with Crippen LogP contribution in [-0.2, 0) is 10.0 Å². The van der Waals surface area contributed by atoms with Gasteiger partial charge in [0, 0.05) is 12.1 Å². The number of hydrogen-bond donors (Lipinski definition) is 2. The summed E-state index contributed by atoms with van der Waals surface area (Å²) in [5, 5.41) is 2.83. The van der Waals surface area contributed by atoms with Crippen molar-refractivity contribution in [3.8, 4) is 0 Å². The van der Waals surface area contributed by atoms with E-state index in [1.54, 1.807) is 12.1 Å². The van der Waals surface area contributed by atoms with E-state index in [4.69, 9.17) is 0 Å². The minimum absolute atomic E-state index is 0.120. The molecule has 25 heavy (non-hydrogen) atoms. The SMILES string of the molecule is Cc1ccccc1NS(=O)(=O)c1ccc(C(=O)NCCC(C)C)cc1. The van der Waals surface area contributed by atoms with Crippen LogP contribution in [0.25, 0.3) is 0 Å².